The van der Waals surface area contributed by atoms with Crippen molar-refractivity contribution < 1.29 is 14.3 Å². The van der Waals surface area contributed by atoms with E-state index in [4.69, 9.17) is 9.47 Å². The van der Waals surface area contributed by atoms with Gasteiger partial charge in [0.25, 0.3) is 0 Å². The van der Waals surface area contributed by atoms with Gasteiger partial charge in [-0.3, -0.25) is 4.79 Å². The zero-order valence-electron chi connectivity index (χ0n) is 11.8. The van der Waals surface area contributed by atoms with Crippen molar-refractivity contribution in [2.45, 2.75) is 37.5 Å². The molecule has 1 aromatic rings. The van der Waals surface area contributed by atoms with Crippen LogP contribution in [-0.4, -0.2) is 58.9 Å². The summed E-state index contributed by atoms with van der Waals surface area (Å²) in [5.74, 6) is 0.109. The second kappa shape index (κ2) is 5.54. The van der Waals surface area contributed by atoms with E-state index in [2.05, 4.69) is 4.98 Å². The molecular weight excluding hydrogens is 258 g/mol. The number of likely N-dealkylation sites (tertiary alicyclic amines) is 1. The SMILES string of the molecule is CO[C@H]1CN(C(=O)Cn2ccnc2)CC[C@@]12CCCO2. The zero-order chi connectivity index (χ0) is 14.0. The average Bonchev–Trinajstić information content (AvgIpc) is 3.12. The van der Waals surface area contributed by atoms with E-state index in [0.29, 0.717) is 13.1 Å². The summed E-state index contributed by atoms with van der Waals surface area (Å²) >= 11 is 0. The summed E-state index contributed by atoms with van der Waals surface area (Å²) in [7, 11) is 1.71. The Morgan fingerprint density at radius 3 is 3.10 bits per heavy atom. The standard InChI is InChI=1S/C14H21N3O3/c1-19-12-9-17(6-4-14(12)3-2-8-20-14)13(18)10-16-7-5-15-11-16/h5,7,11-12H,2-4,6,8-10H2,1H3/t12-,14-/m0/s1. The molecule has 1 spiro atoms. The molecule has 6 nitrogen and oxygen atoms in total. The lowest BCUT2D eigenvalue weighted by atomic mass is 9.86. The highest BCUT2D eigenvalue weighted by Crippen LogP contribution is 2.37. The minimum atomic E-state index is -0.166. The van der Waals surface area contributed by atoms with Gasteiger partial charge >= 0.3 is 0 Å². The number of carbonyl (C=O) groups excluding carboxylic acids is 1. The molecule has 2 atom stereocenters. The normalized spacial score (nSPS) is 30.1. The van der Waals surface area contributed by atoms with Crippen molar-refractivity contribution in [2.24, 2.45) is 0 Å². The van der Waals surface area contributed by atoms with Gasteiger partial charge in [0.1, 0.15) is 12.6 Å². The van der Waals surface area contributed by atoms with Gasteiger partial charge in [-0.1, -0.05) is 0 Å². The molecule has 2 fully saturated rings. The first-order chi connectivity index (χ1) is 9.73. The zero-order valence-corrected chi connectivity index (χ0v) is 11.8. The smallest absolute Gasteiger partial charge is 0.242 e. The first-order valence-corrected chi connectivity index (χ1v) is 7.14. The molecule has 0 bridgehead atoms. The van der Waals surface area contributed by atoms with Crippen molar-refractivity contribution in [3.63, 3.8) is 0 Å². The van der Waals surface area contributed by atoms with Gasteiger partial charge in [-0.05, 0) is 19.3 Å². The maximum Gasteiger partial charge on any atom is 0.242 e. The number of nitrogens with zero attached hydrogens (tertiary/aromatic N) is 3. The number of rotatable bonds is 3. The number of methoxy groups -OCH3 is 1. The highest BCUT2D eigenvalue weighted by Gasteiger charge is 2.47. The summed E-state index contributed by atoms with van der Waals surface area (Å²) in [5.41, 5.74) is -0.166. The maximum absolute atomic E-state index is 12.3. The molecule has 3 rings (SSSR count). The van der Waals surface area contributed by atoms with Crippen molar-refractivity contribution in [3.05, 3.63) is 18.7 Å². The van der Waals surface area contributed by atoms with E-state index >= 15 is 0 Å². The number of carbonyl (C=O) groups is 1. The highest BCUT2D eigenvalue weighted by molar-refractivity contribution is 5.76. The number of hydrogen-bond acceptors (Lipinski definition) is 4. The van der Waals surface area contributed by atoms with Gasteiger partial charge in [-0.15, -0.1) is 0 Å². The Hall–Kier alpha value is -1.40. The molecule has 0 aromatic carbocycles. The number of aromatic nitrogens is 2. The van der Waals surface area contributed by atoms with Crippen LogP contribution < -0.4 is 0 Å². The predicted octanol–water partition coefficient (Wildman–Crippen LogP) is 0.680. The van der Waals surface area contributed by atoms with E-state index in [-0.39, 0.29) is 17.6 Å². The van der Waals surface area contributed by atoms with E-state index in [1.54, 1.807) is 30.4 Å². The molecule has 1 aromatic heterocycles. The Labute approximate surface area is 118 Å². The van der Waals surface area contributed by atoms with E-state index in [9.17, 15) is 4.79 Å². The van der Waals surface area contributed by atoms with Crippen LogP contribution in [0.3, 0.4) is 0 Å². The number of hydrogen-bond donors (Lipinski definition) is 0. The van der Waals surface area contributed by atoms with Gasteiger partial charge in [-0.2, -0.15) is 0 Å². The molecule has 110 valence electrons. The van der Waals surface area contributed by atoms with Crippen LogP contribution in [0.15, 0.2) is 18.7 Å². The van der Waals surface area contributed by atoms with Crippen LogP contribution in [0, 0.1) is 0 Å². The third-order valence-corrected chi connectivity index (χ3v) is 4.43. The number of piperidine rings is 1. The lowest BCUT2D eigenvalue weighted by Gasteiger charge is -2.44. The van der Waals surface area contributed by atoms with Gasteiger partial charge < -0.3 is 18.9 Å². The molecule has 0 unspecified atom stereocenters. The first kappa shape index (κ1) is 13.6. The molecule has 0 N–H and O–H groups in total. The minimum Gasteiger partial charge on any atom is -0.377 e. The molecule has 0 aliphatic carbocycles. The van der Waals surface area contributed by atoms with Crippen LogP contribution >= 0.6 is 0 Å². The fourth-order valence-electron chi connectivity index (χ4n) is 3.27. The van der Waals surface area contributed by atoms with Gasteiger partial charge in [-0.25, -0.2) is 4.98 Å². The average molecular weight is 279 g/mol. The molecule has 2 aliphatic heterocycles. The van der Waals surface area contributed by atoms with E-state index in [1.165, 1.54) is 0 Å². The lowest BCUT2D eigenvalue weighted by molar-refractivity contribution is -0.158. The van der Waals surface area contributed by atoms with E-state index < -0.39 is 0 Å². The largest absolute Gasteiger partial charge is 0.377 e. The summed E-state index contributed by atoms with van der Waals surface area (Å²) in [6.07, 6.45) is 8.11. The Morgan fingerprint density at radius 1 is 1.55 bits per heavy atom. The molecule has 0 saturated carbocycles. The van der Waals surface area contributed by atoms with Crippen LogP contribution in [-0.2, 0) is 20.8 Å². The van der Waals surface area contributed by atoms with Crippen LogP contribution in [0.1, 0.15) is 19.3 Å². The number of ether oxygens (including phenoxy) is 2. The first-order valence-electron chi connectivity index (χ1n) is 7.14. The van der Waals surface area contributed by atoms with Crippen molar-refractivity contribution >= 4 is 5.91 Å². The van der Waals surface area contributed by atoms with Crippen LogP contribution in [0.4, 0.5) is 0 Å². The lowest BCUT2D eigenvalue weighted by Crippen LogP contribution is -2.57. The summed E-state index contributed by atoms with van der Waals surface area (Å²) in [6, 6.07) is 0. The Balaban J connectivity index is 1.64. The fourth-order valence-corrected chi connectivity index (χ4v) is 3.27. The van der Waals surface area contributed by atoms with Gasteiger partial charge in [0, 0.05) is 39.2 Å². The summed E-state index contributed by atoms with van der Waals surface area (Å²) < 4.78 is 13.3. The molecular formula is C14H21N3O3. The highest BCUT2D eigenvalue weighted by atomic mass is 16.5. The Kier molecular flexibility index (Phi) is 3.76. The van der Waals surface area contributed by atoms with Crippen molar-refractivity contribution in [3.8, 4) is 0 Å². The van der Waals surface area contributed by atoms with E-state index in [0.717, 1.165) is 32.4 Å². The van der Waals surface area contributed by atoms with Gasteiger partial charge in [0.2, 0.25) is 5.91 Å². The Bertz CT molecular complexity index is 454. The van der Waals surface area contributed by atoms with Crippen molar-refractivity contribution in [1.82, 2.24) is 14.5 Å². The third kappa shape index (κ3) is 2.45. The second-order valence-corrected chi connectivity index (χ2v) is 5.57. The summed E-state index contributed by atoms with van der Waals surface area (Å²) in [4.78, 5) is 18.1. The molecule has 6 heteroatoms. The number of imidazole rings is 1. The monoisotopic (exact) mass is 279 g/mol. The molecule has 20 heavy (non-hydrogen) atoms. The fraction of sp³-hybridized carbons (Fsp3) is 0.714. The quantitative estimate of drug-likeness (QED) is 0.816. The van der Waals surface area contributed by atoms with Crippen LogP contribution in [0.5, 0.6) is 0 Å². The molecule has 2 saturated heterocycles. The van der Waals surface area contributed by atoms with E-state index in [1.807, 2.05) is 4.90 Å². The summed E-state index contributed by atoms with van der Waals surface area (Å²) in [6.45, 7) is 2.50. The minimum absolute atomic E-state index is 0.0227. The third-order valence-electron chi connectivity index (χ3n) is 4.43. The topological polar surface area (TPSA) is 56.6 Å². The van der Waals surface area contributed by atoms with Gasteiger partial charge in [0.05, 0.1) is 11.9 Å². The molecule has 3 heterocycles. The van der Waals surface area contributed by atoms with Crippen LogP contribution in [0.2, 0.25) is 0 Å². The Morgan fingerprint density at radius 2 is 2.45 bits per heavy atom. The molecule has 2 aliphatic rings. The van der Waals surface area contributed by atoms with Gasteiger partial charge in [0.15, 0.2) is 0 Å². The number of amides is 1. The predicted molar refractivity (Wildman–Crippen MR) is 72.1 cm³/mol. The second-order valence-electron chi connectivity index (χ2n) is 5.57. The molecule has 0 radical (unpaired) electrons. The maximum atomic E-state index is 12.3. The van der Waals surface area contributed by atoms with Crippen molar-refractivity contribution in [1.29, 1.82) is 0 Å². The van der Waals surface area contributed by atoms with Crippen molar-refractivity contribution in [2.75, 3.05) is 26.8 Å². The summed E-state index contributed by atoms with van der Waals surface area (Å²) in [5, 5.41) is 0. The van der Waals surface area contributed by atoms with Crippen LogP contribution in [0.25, 0.3) is 0 Å². The molecule has 1 amide bonds.